The Labute approximate surface area is 199 Å². The topological polar surface area (TPSA) is 104 Å². The van der Waals surface area contributed by atoms with Crippen molar-refractivity contribution in [1.82, 2.24) is 24.8 Å². The Morgan fingerprint density at radius 2 is 1.94 bits per heavy atom. The number of piperidine rings is 1. The molecular weight excluding hydrogens is 428 g/mol. The highest BCUT2D eigenvalue weighted by atomic mass is 16.2. The van der Waals surface area contributed by atoms with Crippen LogP contribution in [0.4, 0.5) is 23.1 Å². The van der Waals surface area contributed by atoms with Crippen LogP contribution in [0.3, 0.4) is 0 Å². The molecule has 3 aromatic rings. The van der Waals surface area contributed by atoms with Crippen molar-refractivity contribution in [3.8, 4) is 0 Å². The molecule has 2 aromatic heterocycles. The molecule has 9 heteroatoms. The number of carbonyl (C=O) groups excluding carboxylic acids is 1. The summed E-state index contributed by atoms with van der Waals surface area (Å²) < 4.78 is 2.07. The Bertz CT molecular complexity index is 1170. The third-order valence-corrected chi connectivity index (χ3v) is 6.75. The Morgan fingerprint density at radius 3 is 2.71 bits per heavy atom. The lowest BCUT2D eigenvalue weighted by Gasteiger charge is -2.35. The summed E-state index contributed by atoms with van der Waals surface area (Å²) >= 11 is 0. The summed E-state index contributed by atoms with van der Waals surface area (Å²) in [7, 11) is 0. The first-order chi connectivity index (χ1) is 16.6. The second kappa shape index (κ2) is 9.72. The van der Waals surface area contributed by atoms with Crippen LogP contribution in [0.5, 0.6) is 0 Å². The van der Waals surface area contributed by atoms with Crippen LogP contribution in [0.25, 0.3) is 11.0 Å². The number of nitrogens with two attached hydrogens (primary N) is 1. The van der Waals surface area contributed by atoms with Crippen LogP contribution in [0.15, 0.2) is 49.2 Å². The summed E-state index contributed by atoms with van der Waals surface area (Å²) in [5.74, 6) is 0.885. The van der Waals surface area contributed by atoms with Gasteiger partial charge in [-0.3, -0.25) is 4.79 Å². The lowest BCUT2D eigenvalue weighted by Crippen LogP contribution is -2.45. The van der Waals surface area contributed by atoms with Crippen LogP contribution in [0, 0.1) is 0 Å². The van der Waals surface area contributed by atoms with Crippen molar-refractivity contribution in [1.29, 1.82) is 0 Å². The minimum absolute atomic E-state index is 0.0121. The third kappa shape index (κ3) is 4.56. The molecule has 9 nitrogen and oxygen atoms in total. The average Bonchev–Trinajstić information content (AvgIpc) is 3.28. The lowest BCUT2D eigenvalue weighted by atomic mass is 10.0. The van der Waals surface area contributed by atoms with Crippen LogP contribution < -0.4 is 21.3 Å². The van der Waals surface area contributed by atoms with Gasteiger partial charge in [0.05, 0.1) is 5.39 Å². The number of likely N-dealkylation sites (tertiary alicyclic amines) is 1. The van der Waals surface area contributed by atoms with Crippen molar-refractivity contribution in [2.24, 2.45) is 0 Å². The quantitative estimate of drug-likeness (QED) is 0.486. The minimum Gasteiger partial charge on any atom is -0.383 e. The monoisotopic (exact) mass is 460 g/mol. The van der Waals surface area contributed by atoms with E-state index in [9.17, 15) is 4.79 Å². The largest absolute Gasteiger partial charge is 0.383 e. The van der Waals surface area contributed by atoms with Crippen molar-refractivity contribution in [2.75, 3.05) is 48.7 Å². The fraction of sp³-hybridized carbons (Fsp3) is 0.400. The number of nitrogen functional groups attached to an aromatic ring is 1. The summed E-state index contributed by atoms with van der Waals surface area (Å²) in [4.78, 5) is 25.9. The van der Waals surface area contributed by atoms with Crippen LogP contribution >= 0.6 is 0 Å². The summed E-state index contributed by atoms with van der Waals surface area (Å²) in [6, 6.07) is 10.4. The number of fused-ring (bicyclic) bond motifs is 1. The fourth-order valence-electron chi connectivity index (χ4n) is 4.92. The highest BCUT2D eigenvalue weighted by Gasteiger charge is 2.26. The number of piperazine rings is 1. The molecule has 0 spiro atoms. The maximum atomic E-state index is 12.3. The number of hydrogen-bond acceptors (Lipinski definition) is 7. The van der Waals surface area contributed by atoms with E-state index in [1.807, 2.05) is 29.3 Å². The Balaban J connectivity index is 1.35. The first-order valence-electron chi connectivity index (χ1n) is 12.0. The molecule has 0 aliphatic carbocycles. The fourth-order valence-corrected chi connectivity index (χ4v) is 4.92. The van der Waals surface area contributed by atoms with E-state index >= 15 is 0 Å². The van der Waals surface area contributed by atoms with Gasteiger partial charge in [0, 0.05) is 62.9 Å². The van der Waals surface area contributed by atoms with E-state index < -0.39 is 0 Å². The molecule has 1 aromatic carbocycles. The predicted octanol–water partition coefficient (Wildman–Crippen LogP) is 2.73. The summed E-state index contributed by atoms with van der Waals surface area (Å²) in [5.41, 5.74) is 9.17. The first kappa shape index (κ1) is 22.2. The van der Waals surface area contributed by atoms with E-state index in [0.717, 1.165) is 68.7 Å². The number of nitrogens with zero attached hydrogens (tertiary/aromatic N) is 5. The van der Waals surface area contributed by atoms with Gasteiger partial charge < -0.3 is 30.7 Å². The number of carbonyl (C=O) groups is 1. The molecule has 1 atom stereocenters. The number of hydrogen-bond donors (Lipinski definition) is 3. The molecule has 0 radical (unpaired) electrons. The van der Waals surface area contributed by atoms with Gasteiger partial charge in [-0.2, -0.15) is 9.97 Å². The highest BCUT2D eigenvalue weighted by molar-refractivity contribution is 5.88. The summed E-state index contributed by atoms with van der Waals surface area (Å²) in [5, 5.41) is 7.50. The first-order valence-corrected chi connectivity index (χ1v) is 12.0. The van der Waals surface area contributed by atoms with Gasteiger partial charge in [0.15, 0.2) is 0 Å². The van der Waals surface area contributed by atoms with E-state index in [1.54, 1.807) is 0 Å². The molecule has 2 saturated heterocycles. The lowest BCUT2D eigenvalue weighted by molar-refractivity contribution is -0.129. The number of anilines is 4. The molecular formula is C25H32N8O. The number of amides is 1. The van der Waals surface area contributed by atoms with Crippen LogP contribution in [0.1, 0.15) is 19.3 Å². The normalized spacial score (nSPS) is 18.8. The van der Waals surface area contributed by atoms with Crippen molar-refractivity contribution < 1.29 is 4.79 Å². The van der Waals surface area contributed by atoms with E-state index in [0.29, 0.717) is 18.3 Å². The number of nitrogens with one attached hydrogen (secondary N) is 2. The van der Waals surface area contributed by atoms with Gasteiger partial charge in [-0.1, -0.05) is 6.58 Å². The smallest absolute Gasteiger partial charge is 0.246 e. The molecule has 0 bridgehead atoms. The van der Waals surface area contributed by atoms with Crippen LogP contribution in [-0.2, 0) is 11.3 Å². The van der Waals surface area contributed by atoms with Crippen LogP contribution in [0.2, 0.25) is 0 Å². The maximum Gasteiger partial charge on any atom is 0.246 e. The van der Waals surface area contributed by atoms with Gasteiger partial charge in [-0.25, -0.2) is 0 Å². The van der Waals surface area contributed by atoms with Gasteiger partial charge in [-0.15, -0.1) is 0 Å². The van der Waals surface area contributed by atoms with E-state index in [4.69, 9.17) is 10.7 Å². The number of aromatic nitrogens is 3. The zero-order valence-electron chi connectivity index (χ0n) is 19.4. The SMILES string of the molecule is C=CC(=O)N1CCCCC1Cn1ccc2c(N)nc(Nc3ccc(N4CCNCC4)cc3)nc21. The average molecular weight is 461 g/mol. The molecule has 1 amide bonds. The Hall–Kier alpha value is -3.59. The summed E-state index contributed by atoms with van der Waals surface area (Å²) in [6.07, 6.45) is 6.48. The molecule has 4 N–H and O–H groups in total. The molecule has 4 heterocycles. The van der Waals surface area contributed by atoms with Crippen molar-refractivity contribution in [3.05, 3.63) is 49.2 Å². The minimum atomic E-state index is -0.0121. The summed E-state index contributed by atoms with van der Waals surface area (Å²) in [6.45, 7) is 9.13. The zero-order valence-corrected chi connectivity index (χ0v) is 19.4. The van der Waals surface area contributed by atoms with E-state index in [-0.39, 0.29) is 11.9 Å². The molecule has 2 fully saturated rings. The Morgan fingerprint density at radius 1 is 1.15 bits per heavy atom. The van der Waals surface area contributed by atoms with E-state index in [2.05, 4.69) is 43.8 Å². The molecule has 2 aliphatic rings. The van der Waals surface area contributed by atoms with E-state index in [1.165, 1.54) is 11.8 Å². The van der Waals surface area contributed by atoms with Crippen LogP contribution in [-0.4, -0.2) is 64.1 Å². The molecule has 5 rings (SSSR count). The molecule has 34 heavy (non-hydrogen) atoms. The molecule has 178 valence electrons. The van der Waals surface area contributed by atoms with Crippen molar-refractivity contribution in [2.45, 2.75) is 31.8 Å². The number of benzene rings is 1. The van der Waals surface area contributed by atoms with Gasteiger partial charge in [0.25, 0.3) is 0 Å². The molecule has 2 aliphatic heterocycles. The predicted molar refractivity (Wildman–Crippen MR) is 136 cm³/mol. The number of rotatable bonds is 6. The van der Waals surface area contributed by atoms with Gasteiger partial charge in [0.1, 0.15) is 11.5 Å². The second-order valence-corrected chi connectivity index (χ2v) is 8.93. The third-order valence-electron chi connectivity index (χ3n) is 6.75. The van der Waals surface area contributed by atoms with Gasteiger partial charge in [0.2, 0.25) is 11.9 Å². The second-order valence-electron chi connectivity index (χ2n) is 8.93. The maximum absolute atomic E-state index is 12.3. The molecule has 0 saturated carbocycles. The molecule has 1 unspecified atom stereocenters. The van der Waals surface area contributed by atoms with Gasteiger partial charge in [-0.05, 0) is 55.7 Å². The Kier molecular flexibility index (Phi) is 6.35. The van der Waals surface area contributed by atoms with Crippen molar-refractivity contribution >= 4 is 40.1 Å². The van der Waals surface area contributed by atoms with Gasteiger partial charge >= 0.3 is 0 Å². The highest BCUT2D eigenvalue weighted by Crippen LogP contribution is 2.26. The zero-order chi connectivity index (χ0) is 23.5. The van der Waals surface area contributed by atoms with Crippen molar-refractivity contribution in [3.63, 3.8) is 0 Å². The standard InChI is InChI=1S/C25H32N8O/c1-2-22(34)33-13-4-3-5-20(33)17-32-14-10-21-23(26)29-25(30-24(21)32)28-18-6-8-19(9-7-18)31-15-11-27-12-16-31/h2,6-10,14,20,27H,1,3-5,11-13,15-17H2,(H3,26,28,29,30).